The van der Waals surface area contributed by atoms with Crippen LogP contribution in [0.2, 0.25) is 0 Å². The Balaban J connectivity index is 1.88. The van der Waals surface area contributed by atoms with Crippen molar-refractivity contribution in [2.75, 3.05) is 26.7 Å². The van der Waals surface area contributed by atoms with Gasteiger partial charge in [0.25, 0.3) is 0 Å². The third-order valence-electron chi connectivity index (χ3n) is 3.33. The van der Waals surface area contributed by atoms with Gasteiger partial charge in [-0.3, -0.25) is 0 Å². The Morgan fingerprint density at radius 3 is 2.78 bits per heavy atom. The fourth-order valence-electron chi connectivity index (χ4n) is 2.36. The van der Waals surface area contributed by atoms with Gasteiger partial charge in [0, 0.05) is 24.1 Å². The Bertz CT molecular complexity index is 487. The first-order chi connectivity index (χ1) is 8.83. The van der Waals surface area contributed by atoms with Crippen molar-refractivity contribution < 1.29 is 0 Å². The largest absolute Gasteiger partial charge is 0.350 e. The van der Waals surface area contributed by atoms with Crippen LogP contribution in [0.5, 0.6) is 0 Å². The molecule has 0 atom stereocenters. The van der Waals surface area contributed by atoms with Crippen molar-refractivity contribution in [2.45, 2.75) is 12.8 Å². The van der Waals surface area contributed by atoms with E-state index in [4.69, 9.17) is 0 Å². The summed E-state index contributed by atoms with van der Waals surface area (Å²) in [6, 6.07) is 8.61. The summed E-state index contributed by atoms with van der Waals surface area (Å²) in [5.74, 6) is 0. The first-order valence-corrected chi connectivity index (χ1v) is 6.71. The topological polar surface area (TPSA) is 29.0 Å². The Kier molecular flexibility index (Phi) is 4.79. The molecule has 0 amide bonds. The second-order valence-corrected chi connectivity index (χ2v) is 4.74. The number of aryl methyl sites for hydroxylation is 1. The third kappa shape index (κ3) is 3.12. The van der Waals surface area contributed by atoms with Gasteiger partial charge in [0.1, 0.15) is 0 Å². The number of nitrogens with one attached hydrogen (secondary N) is 2. The molecule has 0 saturated heterocycles. The molecule has 0 aliphatic rings. The molecule has 0 bridgehead atoms. The van der Waals surface area contributed by atoms with E-state index in [0.29, 0.717) is 0 Å². The highest BCUT2D eigenvalue weighted by Crippen LogP contribution is 2.20. The normalized spacial score (nSPS) is 11.2. The molecule has 18 heavy (non-hydrogen) atoms. The zero-order chi connectivity index (χ0) is 12.8. The molecule has 3 nitrogen and oxygen atoms in total. The van der Waals surface area contributed by atoms with Crippen molar-refractivity contribution in [3.05, 3.63) is 36.0 Å². The molecule has 2 aromatic rings. The van der Waals surface area contributed by atoms with Crippen LogP contribution in [0.15, 0.2) is 30.5 Å². The third-order valence-corrected chi connectivity index (χ3v) is 3.33. The standard InChI is InChI=1S/C15H23N3/c1-16-9-5-10-17-11-8-13-12-18(2)15-7-4-3-6-14(13)15/h3-4,6-7,12,16-17H,5,8-11H2,1-2H3. The molecule has 1 aromatic carbocycles. The van der Waals surface area contributed by atoms with Crippen molar-refractivity contribution in [3.8, 4) is 0 Å². The van der Waals surface area contributed by atoms with E-state index < -0.39 is 0 Å². The van der Waals surface area contributed by atoms with E-state index in [1.807, 2.05) is 7.05 Å². The Morgan fingerprint density at radius 1 is 1.11 bits per heavy atom. The number of para-hydroxylation sites is 1. The number of hydrogen-bond donors (Lipinski definition) is 2. The lowest BCUT2D eigenvalue weighted by Gasteiger charge is -2.03. The molecule has 0 saturated carbocycles. The fraction of sp³-hybridized carbons (Fsp3) is 0.467. The summed E-state index contributed by atoms with van der Waals surface area (Å²) in [4.78, 5) is 0. The number of aromatic nitrogens is 1. The lowest BCUT2D eigenvalue weighted by atomic mass is 10.1. The maximum Gasteiger partial charge on any atom is 0.0480 e. The summed E-state index contributed by atoms with van der Waals surface area (Å²) in [7, 11) is 4.11. The van der Waals surface area contributed by atoms with Crippen LogP contribution in [-0.2, 0) is 13.5 Å². The molecule has 98 valence electrons. The van der Waals surface area contributed by atoms with Crippen LogP contribution in [0.1, 0.15) is 12.0 Å². The predicted molar refractivity (Wildman–Crippen MR) is 78.0 cm³/mol. The quantitative estimate of drug-likeness (QED) is 0.730. The minimum absolute atomic E-state index is 1.05. The van der Waals surface area contributed by atoms with Crippen LogP contribution in [0, 0.1) is 0 Å². The van der Waals surface area contributed by atoms with Crippen LogP contribution in [0.25, 0.3) is 10.9 Å². The van der Waals surface area contributed by atoms with Crippen molar-refractivity contribution in [1.82, 2.24) is 15.2 Å². The van der Waals surface area contributed by atoms with E-state index in [9.17, 15) is 0 Å². The molecule has 1 heterocycles. The van der Waals surface area contributed by atoms with Crippen molar-refractivity contribution >= 4 is 10.9 Å². The molecular formula is C15H23N3. The van der Waals surface area contributed by atoms with Gasteiger partial charge in [-0.1, -0.05) is 18.2 Å². The summed E-state index contributed by atoms with van der Waals surface area (Å²) < 4.78 is 2.21. The zero-order valence-corrected chi connectivity index (χ0v) is 11.4. The van der Waals surface area contributed by atoms with Crippen molar-refractivity contribution in [2.24, 2.45) is 7.05 Å². The second-order valence-electron chi connectivity index (χ2n) is 4.74. The number of fused-ring (bicyclic) bond motifs is 1. The highest BCUT2D eigenvalue weighted by atomic mass is 14.9. The summed E-state index contributed by atoms with van der Waals surface area (Å²) in [6.07, 6.45) is 4.53. The molecule has 0 aliphatic heterocycles. The number of benzene rings is 1. The van der Waals surface area contributed by atoms with Gasteiger partial charge in [-0.25, -0.2) is 0 Å². The van der Waals surface area contributed by atoms with Crippen LogP contribution < -0.4 is 10.6 Å². The molecule has 2 N–H and O–H groups in total. The number of nitrogens with zero attached hydrogens (tertiary/aromatic N) is 1. The average Bonchev–Trinajstić information content (AvgIpc) is 2.71. The maximum absolute atomic E-state index is 3.49. The smallest absolute Gasteiger partial charge is 0.0480 e. The van der Waals surface area contributed by atoms with Gasteiger partial charge in [-0.15, -0.1) is 0 Å². The van der Waals surface area contributed by atoms with Crippen molar-refractivity contribution in [3.63, 3.8) is 0 Å². The zero-order valence-electron chi connectivity index (χ0n) is 11.4. The minimum Gasteiger partial charge on any atom is -0.350 e. The van der Waals surface area contributed by atoms with Gasteiger partial charge in [-0.2, -0.15) is 0 Å². The minimum atomic E-state index is 1.05. The summed E-state index contributed by atoms with van der Waals surface area (Å²) in [6.45, 7) is 3.23. The first-order valence-electron chi connectivity index (χ1n) is 6.71. The van der Waals surface area contributed by atoms with Crippen LogP contribution in [-0.4, -0.2) is 31.2 Å². The monoisotopic (exact) mass is 245 g/mol. The van der Waals surface area contributed by atoms with Gasteiger partial charge in [0.05, 0.1) is 0 Å². The van der Waals surface area contributed by atoms with E-state index in [1.165, 1.54) is 22.9 Å². The number of rotatable bonds is 7. The van der Waals surface area contributed by atoms with E-state index in [2.05, 4.69) is 52.7 Å². The Hall–Kier alpha value is -1.32. The first kappa shape index (κ1) is 13.1. The highest BCUT2D eigenvalue weighted by molar-refractivity contribution is 5.83. The predicted octanol–water partition coefficient (Wildman–Crippen LogP) is 1.92. The summed E-state index contributed by atoms with van der Waals surface area (Å²) >= 11 is 0. The molecular weight excluding hydrogens is 222 g/mol. The van der Waals surface area contributed by atoms with Gasteiger partial charge in [0.15, 0.2) is 0 Å². The Labute approximate surface area is 109 Å². The van der Waals surface area contributed by atoms with E-state index in [-0.39, 0.29) is 0 Å². The maximum atomic E-state index is 3.49. The van der Waals surface area contributed by atoms with Crippen LogP contribution >= 0.6 is 0 Å². The summed E-state index contributed by atoms with van der Waals surface area (Å²) in [5.41, 5.74) is 2.76. The SMILES string of the molecule is CNCCCNCCc1cn(C)c2ccccc12. The van der Waals surface area contributed by atoms with E-state index in [0.717, 1.165) is 26.1 Å². The van der Waals surface area contributed by atoms with Crippen LogP contribution in [0.4, 0.5) is 0 Å². The van der Waals surface area contributed by atoms with Gasteiger partial charge in [-0.05, 0) is 51.2 Å². The lowest BCUT2D eigenvalue weighted by Crippen LogP contribution is -2.21. The molecule has 0 spiro atoms. The second kappa shape index (κ2) is 6.57. The van der Waals surface area contributed by atoms with Crippen LogP contribution in [0.3, 0.4) is 0 Å². The Morgan fingerprint density at radius 2 is 1.94 bits per heavy atom. The molecule has 0 aliphatic carbocycles. The molecule has 0 unspecified atom stereocenters. The van der Waals surface area contributed by atoms with Crippen molar-refractivity contribution in [1.29, 1.82) is 0 Å². The number of hydrogen-bond acceptors (Lipinski definition) is 2. The molecule has 3 heteroatoms. The lowest BCUT2D eigenvalue weighted by molar-refractivity contribution is 0.625. The van der Waals surface area contributed by atoms with E-state index >= 15 is 0 Å². The fourth-order valence-corrected chi connectivity index (χ4v) is 2.36. The molecule has 2 rings (SSSR count). The average molecular weight is 245 g/mol. The highest BCUT2D eigenvalue weighted by Gasteiger charge is 2.04. The summed E-state index contributed by atoms with van der Waals surface area (Å²) in [5, 5.41) is 8.04. The van der Waals surface area contributed by atoms with Gasteiger partial charge < -0.3 is 15.2 Å². The molecule has 0 fully saturated rings. The molecule has 0 radical (unpaired) electrons. The van der Waals surface area contributed by atoms with Gasteiger partial charge >= 0.3 is 0 Å². The van der Waals surface area contributed by atoms with E-state index in [1.54, 1.807) is 0 Å². The van der Waals surface area contributed by atoms with Gasteiger partial charge in [0.2, 0.25) is 0 Å². The molecule has 1 aromatic heterocycles.